The molecule has 0 bridgehead atoms. The maximum atomic E-state index is 12.4. The van der Waals surface area contributed by atoms with Crippen molar-refractivity contribution in [1.29, 1.82) is 5.26 Å². The highest BCUT2D eigenvalue weighted by molar-refractivity contribution is 5.82. The molecule has 0 unspecified atom stereocenters. The van der Waals surface area contributed by atoms with E-state index in [0.29, 0.717) is 25.1 Å². The highest BCUT2D eigenvalue weighted by atomic mass is 16.3. The number of aliphatic hydroxyl groups is 1. The van der Waals surface area contributed by atoms with Crippen LogP contribution in [-0.4, -0.2) is 35.1 Å². The Morgan fingerprint density at radius 3 is 2.48 bits per heavy atom. The summed E-state index contributed by atoms with van der Waals surface area (Å²) in [6.45, 7) is 1.09. The number of rotatable bonds is 4. The molecule has 4 heteroatoms. The summed E-state index contributed by atoms with van der Waals surface area (Å²) in [6, 6.07) is 19.1. The molecule has 1 amide bonds. The number of carbonyl (C=O) groups is 1. The van der Waals surface area contributed by atoms with Gasteiger partial charge in [-0.1, -0.05) is 48.5 Å². The summed E-state index contributed by atoms with van der Waals surface area (Å²) >= 11 is 0. The van der Waals surface area contributed by atoms with Crippen molar-refractivity contribution < 1.29 is 9.90 Å². The van der Waals surface area contributed by atoms with Gasteiger partial charge in [0.05, 0.1) is 11.6 Å². The van der Waals surface area contributed by atoms with Gasteiger partial charge in [0.1, 0.15) is 6.10 Å². The number of benzene rings is 2. The molecule has 0 spiro atoms. The third-order valence-electron chi connectivity index (χ3n) is 4.46. The van der Waals surface area contributed by atoms with Gasteiger partial charge in [-0.05, 0) is 35.3 Å². The molecule has 3 rings (SSSR count). The van der Waals surface area contributed by atoms with Gasteiger partial charge in [-0.2, -0.15) is 5.26 Å². The molecular formula is C21H20N2O2. The van der Waals surface area contributed by atoms with Crippen LogP contribution in [-0.2, 0) is 11.2 Å². The summed E-state index contributed by atoms with van der Waals surface area (Å²) in [4.78, 5) is 14.1. The normalized spacial score (nSPS) is 15.2. The SMILES string of the molecule is N#Cc1ccc(C2=CCN(C(=O)[C@@H](O)Cc3ccccc3)CC2)cc1. The monoisotopic (exact) mass is 332 g/mol. The second-order valence-electron chi connectivity index (χ2n) is 6.16. The fourth-order valence-electron chi connectivity index (χ4n) is 3.03. The Balaban J connectivity index is 1.61. The van der Waals surface area contributed by atoms with E-state index in [9.17, 15) is 9.90 Å². The first-order valence-electron chi connectivity index (χ1n) is 8.37. The van der Waals surface area contributed by atoms with Crippen LogP contribution in [0.1, 0.15) is 23.1 Å². The zero-order chi connectivity index (χ0) is 17.6. The maximum absolute atomic E-state index is 12.4. The molecule has 0 saturated carbocycles. The van der Waals surface area contributed by atoms with E-state index in [1.165, 1.54) is 5.57 Å². The number of hydrogen-bond donors (Lipinski definition) is 1. The Bertz CT molecular complexity index is 804. The van der Waals surface area contributed by atoms with Gasteiger partial charge in [0.2, 0.25) is 0 Å². The summed E-state index contributed by atoms with van der Waals surface area (Å²) in [5.74, 6) is -0.223. The minimum Gasteiger partial charge on any atom is -0.383 e. The lowest BCUT2D eigenvalue weighted by atomic mass is 9.98. The molecule has 1 atom stereocenters. The summed E-state index contributed by atoms with van der Waals surface area (Å²) in [7, 11) is 0. The highest BCUT2D eigenvalue weighted by Gasteiger charge is 2.24. The van der Waals surface area contributed by atoms with Crippen LogP contribution in [0.25, 0.3) is 5.57 Å². The van der Waals surface area contributed by atoms with Crippen molar-refractivity contribution in [3.05, 3.63) is 77.4 Å². The molecule has 2 aromatic rings. The molecule has 1 heterocycles. The molecule has 1 aliphatic rings. The lowest BCUT2D eigenvalue weighted by molar-refractivity contribution is -0.139. The molecular weight excluding hydrogens is 312 g/mol. The Kier molecular flexibility index (Phi) is 5.27. The number of aliphatic hydroxyl groups excluding tert-OH is 1. The van der Waals surface area contributed by atoms with Gasteiger partial charge >= 0.3 is 0 Å². The molecule has 2 aromatic carbocycles. The molecule has 0 saturated heterocycles. The van der Waals surface area contributed by atoms with Gasteiger partial charge in [0, 0.05) is 19.5 Å². The first-order chi connectivity index (χ1) is 12.2. The van der Waals surface area contributed by atoms with Gasteiger partial charge in [-0.25, -0.2) is 0 Å². The van der Waals surface area contributed by atoms with E-state index in [1.807, 2.05) is 48.5 Å². The Morgan fingerprint density at radius 2 is 1.88 bits per heavy atom. The Labute approximate surface area is 147 Å². The van der Waals surface area contributed by atoms with E-state index < -0.39 is 6.10 Å². The zero-order valence-corrected chi connectivity index (χ0v) is 13.9. The Hall–Kier alpha value is -2.90. The van der Waals surface area contributed by atoms with Crippen molar-refractivity contribution in [3.8, 4) is 6.07 Å². The van der Waals surface area contributed by atoms with Crippen molar-refractivity contribution in [2.75, 3.05) is 13.1 Å². The van der Waals surface area contributed by atoms with Gasteiger partial charge in [-0.3, -0.25) is 4.79 Å². The summed E-state index contributed by atoms with van der Waals surface area (Å²) in [6.07, 6.45) is 2.10. The van der Waals surface area contributed by atoms with Crippen molar-refractivity contribution in [3.63, 3.8) is 0 Å². The molecule has 4 nitrogen and oxygen atoms in total. The minimum absolute atomic E-state index is 0.223. The van der Waals surface area contributed by atoms with Crippen molar-refractivity contribution >= 4 is 11.5 Å². The van der Waals surface area contributed by atoms with Crippen LogP contribution in [0, 0.1) is 11.3 Å². The first kappa shape index (κ1) is 16.9. The maximum Gasteiger partial charge on any atom is 0.252 e. The van der Waals surface area contributed by atoms with Crippen LogP contribution in [0.4, 0.5) is 0 Å². The minimum atomic E-state index is -1.01. The second kappa shape index (κ2) is 7.78. The van der Waals surface area contributed by atoms with Crippen LogP contribution in [0.2, 0.25) is 0 Å². The third-order valence-corrected chi connectivity index (χ3v) is 4.46. The zero-order valence-electron chi connectivity index (χ0n) is 13.9. The predicted octanol–water partition coefficient (Wildman–Crippen LogP) is 2.78. The van der Waals surface area contributed by atoms with E-state index in [1.54, 1.807) is 17.0 Å². The third kappa shape index (κ3) is 4.14. The quantitative estimate of drug-likeness (QED) is 0.936. The van der Waals surface area contributed by atoms with Gasteiger partial charge in [-0.15, -0.1) is 0 Å². The second-order valence-corrected chi connectivity index (χ2v) is 6.16. The summed E-state index contributed by atoms with van der Waals surface area (Å²) < 4.78 is 0. The van der Waals surface area contributed by atoms with E-state index in [0.717, 1.165) is 17.5 Å². The van der Waals surface area contributed by atoms with Crippen molar-refractivity contribution in [2.24, 2.45) is 0 Å². The molecule has 0 aliphatic carbocycles. The molecule has 126 valence electrons. The van der Waals surface area contributed by atoms with Crippen molar-refractivity contribution in [1.82, 2.24) is 4.90 Å². The lowest BCUT2D eigenvalue weighted by Crippen LogP contribution is -2.42. The van der Waals surface area contributed by atoms with Crippen LogP contribution < -0.4 is 0 Å². The molecule has 0 aromatic heterocycles. The molecule has 0 radical (unpaired) electrons. The largest absolute Gasteiger partial charge is 0.383 e. The van der Waals surface area contributed by atoms with Crippen LogP contribution in [0.5, 0.6) is 0 Å². The van der Waals surface area contributed by atoms with Crippen LogP contribution in [0.15, 0.2) is 60.7 Å². The van der Waals surface area contributed by atoms with E-state index in [-0.39, 0.29) is 5.91 Å². The number of nitrogens with zero attached hydrogens (tertiary/aromatic N) is 2. The van der Waals surface area contributed by atoms with E-state index in [4.69, 9.17) is 5.26 Å². The first-order valence-corrected chi connectivity index (χ1v) is 8.37. The Morgan fingerprint density at radius 1 is 1.16 bits per heavy atom. The highest BCUT2D eigenvalue weighted by Crippen LogP contribution is 2.23. The van der Waals surface area contributed by atoms with Gasteiger partial charge in [0.15, 0.2) is 0 Å². The summed E-state index contributed by atoms with van der Waals surface area (Å²) in [5, 5.41) is 19.1. The molecule has 0 fully saturated rings. The molecule has 25 heavy (non-hydrogen) atoms. The van der Waals surface area contributed by atoms with E-state index >= 15 is 0 Å². The topological polar surface area (TPSA) is 64.3 Å². The van der Waals surface area contributed by atoms with Crippen LogP contribution in [0.3, 0.4) is 0 Å². The number of amides is 1. The van der Waals surface area contributed by atoms with Crippen LogP contribution >= 0.6 is 0 Å². The number of hydrogen-bond acceptors (Lipinski definition) is 3. The van der Waals surface area contributed by atoms with Gasteiger partial charge < -0.3 is 10.0 Å². The number of nitriles is 1. The predicted molar refractivity (Wildman–Crippen MR) is 96.5 cm³/mol. The van der Waals surface area contributed by atoms with E-state index in [2.05, 4.69) is 6.07 Å². The standard InChI is InChI=1S/C21H20N2O2/c22-15-17-6-8-18(9-7-17)19-10-12-23(13-11-19)21(25)20(24)14-16-4-2-1-3-5-16/h1-10,20,24H,11-14H2/t20-/m0/s1. The molecule has 1 aliphatic heterocycles. The van der Waals surface area contributed by atoms with Crippen molar-refractivity contribution in [2.45, 2.75) is 18.9 Å². The lowest BCUT2D eigenvalue weighted by Gasteiger charge is -2.28. The molecule has 1 N–H and O–H groups in total. The fourth-order valence-corrected chi connectivity index (χ4v) is 3.03. The van der Waals surface area contributed by atoms with Gasteiger partial charge in [0.25, 0.3) is 5.91 Å². The summed E-state index contributed by atoms with van der Waals surface area (Å²) in [5.41, 5.74) is 3.84. The fraction of sp³-hybridized carbons (Fsp3) is 0.238. The number of carbonyl (C=O) groups excluding carboxylic acids is 1. The smallest absolute Gasteiger partial charge is 0.252 e. The average molecular weight is 332 g/mol. The average Bonchev–Trinajstić information content (AvgIpc) is 2.68.